The number of oxazole rings is 1. The van der Waals surface area contributed by atoms with Gasteiger partial charge in [0.25, 0.3) is 0 Å². The van der Waals surface area contributed by atoms with E-state index in [-0.39, 0.29) is 24.1 Å². The van der Waals surface area contributed by atoms with Crippen LogP contribution < -0.4 is 11.1 Å². The largest absolute Gasteiger partial charge is 0.445 e. The molecule has 0 saturated carbocycles. The Balaban J connectivity index is 2.09. The zero-order valence-electron chi connectivity index (χ0n) is 13.9. The van der Waals surface area contributed by atoms with E-state index in [1.807, 2.05) is 57.2 Å². The van der Waals surface area contributed by atoms with E-state index in [1.54, 1.807) is 0 Å². The lowest BCUT2D eigenvalue weighted by Crippen LogP contribution is -2.37. The van der Waals surface area contributed by atoms with Crippen LogP contribution in [-0.2, 0) is 11.3 Å². The average Bonchev–Trinajstić information content (AvgIpc) is 2.91. The van der Waals surface area contributed by atoms with Gasteiger partial charge in [-0.05, 0) is 11.0 Å². The first-order chi connectivity index (χ1) is 11.3. The number of hydrogen-bond donors (Lipinski definition) is 2. The third-order valence-electron chi connectivity index (χ3n) is 3.36. The Morgan fingerprint density at radius 3 is 2.62 bits per heavy atom. The minimum Gasteiger partial charge on any atom is -0.445 e. The van der Waals surface area contributed by atoms with Crippen LogP contribution in [0.15, 0.2) is 34.7 Å². The summed E-state index contributed by atoms with van der Waals surface area (Å²) in [5.74, 6) is 0.106. The van der Waals surface area contributed by atoms with Gasteiger partial charge in [-0.1, -0.05) is 51.1 Å². The highest BCUT2D eigenvalue weighted by Crippen LogP contribution is 2.33. The second kappa shape index (κ2) is 7.04. The van der Waals surface area contributed by atoms with Gasteiger partial charge in [-0.25, -0.2) is 4.79 Å². The van der Waals surface area contributed by atoms with Crippen LogP contribution in [-0.4, -0.2) is 11.1 Å². The van der Waals surface area contributed by atoms with Crippen LogP contribution in [0.2, 0.25) is 0 Å². The number of nitrogen functional groups attached to an aromatic ring is 1. The number of hydrogen-bond acceptors (Lipinski definition) is 6. The fraction of sp³-hybridized carbons (Fsp3) is 0.353. The van der Waals surface area contributed by atoms with Crippen LogP contribution in [0.3, 0.4) is 0 Å². The lowest BCUT2D eigenvalue weighted by atomic mass is 9.87. The van der Waals surface area contributed by atoms with Gasteiger partial charge in [-0.3, -0.25) is 0 Å². The van der Waals surface area contributed by atoms with Gasteiger partial charge in [0.05, 0.1) is 0 Å². The van der Waals surface area contributed by atoms with Crippen LogP contribution in [0.5, 0.6) is 0 Å². The molecule has 0 spiro atoms. The molecule has 2 aromatic rings. The van der Waals surface area contributed by atoms with Crippen molar-refractivity contribution in [3.63, 3.8) is 0 Å². The van der Waals surface area contributed by atoms with Gasteiger partial charge in [0.15, 0.2) is 0 Å². The minimum absolute atomic E-state index is 0.00120. The molecule has 2 rings (SSSR count). The Labute approximate surface area is 140 Å². The number of nitrogens with two attached hydrogens (primary N) is 1. The quantitative estimate of drug-likeness (QED) is 0.891. The topological polar surface area (TPSA) is 114 Å². The number of anilines is 1. The first-order valence-electron chi connectivity index (χ1n) is 7.44. The van der Waals surface area contributed by atoms with E-state index in [9.17, 15) is 4.79 Å². The first kappa shape index (κ1) is 17.3. The maximum Gasteiger partial charge on any atom is 0.408 e. The van der Waals surface area contributed by atoms with Crippen molar-refractivity contribution in [2.24, 2.45) is 5.41 Å². The number of ether oxygens (including phenoxy) is 1. The van der Waals surface area contributed by atoms with E-state index < -0.39 is 17.6 Å². The molecule has 24 heavy (non-hydrogen) atoms. The van der Waals surface area contributed by atoms with E-state index >= 15 is 0 Å². The molecule has 0 bridgehead atoms. The average molecular weight is 328 g/mol. The molecule has 7 heteroatoms. The lowest BCUT2D eigenvalue weighted by molar-refractivity contribution is 0.121. The summed E-state index contributed by atoms with van der Waals surface area (Å²) in [7, 11) is 0. The van der Waals surface area contributed by atoms with Gasteiger partial charge in [0.1, 0.15) is 18.7 Å². The van der Waals surface area contributed by atoms with Gasteiger partial charge in [0.2, 0.25) is 17.5 Å². The Morgan fingerprint density at radius 2 is 2.08 bits per heavy atom. The molecule has 1 heterocycles. The fourth-order valence-corrected chi connectivity index (χ4v) is 2.08. The van der Waals surface area contributed by atoms with Crippen LogP contribution in [0.4, 0.5) is 10.7 Å². The van der Waals surface area contributed by atoms with E-state index in [4.69, 9.17) is 20.1 Å². The van der Waals surface area contributed by atoms with Gasteiger partial charge < -0.3 is 20.2 Å². The molecular weight excluding hydrogens is 308 g/mol. The molecule has 7 nitrogen and oxygen atoms in total. The Morgan fingerprint density at radius 1 is 1.42 bits per heavy atom. The number of alkyl carbamates (subject to hydrolysis) is 1. The summed E-state index contributed by atoms with van der Waals surface area (Å²) in [6, 6.07) is 10.6. The Hall–Kier alpha value is -3.01. The third kappa shape index (κ3) is 4.26. The van der Waals surface area contributed by atoms with Crippen molar-refractivity contribution >= 4 is 12.0 Å². The number of amides is 1. The minimum atomic E-state index is -0.603. The third-order valence-corrected chi connectivity index (χ3v) is 3.36. The number of rotatable bonds is 4. The second-order valence-electron chi connectivity index (χ2n) is 6.38. The van der Waals surface area contributed by atoms with Gasteiger partial charge in [-0.2, -0.15) is 10.2 Å². The highest BCUT2D eigenvalue weighted by molar-refractivity contribution is 5.68. The van der Waals surface area contributed by atoms with Crippen molar-refractivity contribution in [2.45, 2.75) is 33.4 Å². The van der Waals surface area contributed by atoms with E-state index in [0.717, 1.165) is 5.56 Å². The molecule has 1 atom stereocenters. The molecule has 0 unspecified atom stereocenters. The molecule has 0 fully saturated rings. The van der Waals surface area contributed by atoms with Gasteiger partial charge in [-0.15, -0.1) is 0 Å². The molecule has 3 N–H and O–H groups in total. The summed E-state index contributed by atoms with van der Waals surface area (Å²) in [6.45, 7) is 5.87. The van der Waals surface area contributed by atoms with Crippen LogP contribution in [0.1, 0.15) is 44.0 Å². The molecule has 126 valence electrons. The smallest absolute Gasteiger partial charge is 0.408 e. The van der Waals surface area contributed by atoms with Crippen LogP contribution in [0, 0.1) is 16.7 Å². The molecule has 1 amide bonds. The molecule has 0 radical (unpaired) electrons. The van der Waals surface area contributed by atoms with E-state index in [2.05, 4.69) is 10.3 Å². The molecule has 1 aromatic heterocycles. The van der Waals surface area contributed by atoms with Crippen molar-refractivity contribution in [3.05, 3.63) is 47.5 Å². The molecule has 0 aliphatic carbocycles. The maximum atomic E-state index is 12.1. The summed E-state index contributed by atoms with van der Waals surface area (Å²) in [5, 5.41) is 11.7. The first-order valence-corrected chi connectivity index (χ1v) is 7.44. The number of nitrogens with zero attached hydrogens (tertiary/aromatic N) is 2. The predicted octanol–water partition coefficient (Wildman–Crippen LogP) is 3.14. The predicted molar refractivity (Wildman–Crippen MR) is 87.6 cm³/mol. The summed E-state index contributed by atoms with van der Waals surface area (Å²) >= 11 is 0. The number of aromatic nitrogens is 1. The van der Waals surface area contributed by atoms with Crippen molar-refractivity contribution in [1.82, 2.24) is 10.3 Å². The monoisotopic (exact) mass is 328 g/mol. The lowest BCUT2D eigenvalue weighted by Gasteiger charge is -2.28. The summed E-state index contributed by atoms with van der Waals surface area (Å²) < 4.78 is 10.6. The molecule has 0 aliphatic rings. The normalized spacial score (nSPS) is 12.2. The van der Waals surface area contributed by atoms with E-state index in [1.165, 1.54) is 0 Å². The SMILES string of the molecule is CC(C)(C)[C@H](NC(=O)OCc1ccccc1)c1nc(C#N)c(N)o1. The number of nitrogens with one attached hydrogen (secondary N) is 1. The molecule has 0 aliphatic heterocycles. The highest BCUT2D eigenvalue weighted by Gasteiger charge is 2.33. The standard InChI is InChI=1S/C17H20N4O3/c1-17(2,3)13(15-20-12(9-18)14(19)24-15)21-16(22)23-10-11-7-5-4-6-8-11/h4-8,13H,10,19H2,1-3H3,(H,21,22)/t13-/m1/s1. The molecular formula is C17H20N4O3. The van der Waals surface area contributed by atoms with Crippen molar-refractivity contribution in [1.29, 1.82) is 5.26 Å². The molecule has 0 saturated heterocycles. The summed E-state index contributed by atoms with van der Waals surface area (Å²) in [6.07, 6.45) is -0.603. The van der Waals surface area contributed by atoms with Crippen LogP contribution in [0.25, 0.3) is 0 Å². The number of carbonyl (C=O) groups excluding carboxylic acids is 1. The fourth-order valence-electron chi connectivity index (χ4n) is 2.08. The van der Waals surface area contributed by atoms with Crippen LogP contribution >= 0.6 is 0 Å². The number of benzene rings is 1. The van der Waals surface area contributed by atoms with Gasteiger partial charge in [0, 0.05) is 0 Å². The van der Waals surface area contributed by atoms with E-state index in [0.29, 0.717) is 0 Å². The second-order valence-corrected chi connectivity index (χ2v) is 6.38. The number of carbonyl (C=O) groups is 1. The molecule has 1 aromatic carbocycles. The van der Waals surface area contributed by atoms with Crippen molar-refractivity contribution in [2.75, 3.05) is 5.73 Å². The summed E-state index contributed by atoms with van der Waals surface area (Å²) in [5.41, 5.74) is 6.06. The zero-order chi connectivity index (χ0) is 17.7. The Kier molecular flexibility index (Phi) is 5.09. The zero-order valence-corrected chi connectivity index (χ0v) is 13.9. The highest BCUT2D eigenvalue weighted by atomic mass is 16.5. The van der Waals surface area contributed by atoms with Crippen molar-refractivity contribution in [3.8, 4) is 6.07 Å². The summed E-state index contributed by atoms with van der Waals surface area (Å²) in [4.78, 5) is 16.2. The Bertz CT molecular complexity index is 741. The van der Waals surface area contributed by atoms with Crippen molar-refractivity contribution < 1.29 is 13.9 Å². The number of nitriles is 1. The van der Waals surface area contributed by atoms with Gasteiger partial charge >= 0.3 is 6.09 Å². The maximum absolute atomic E-state index is 12.1.